The van der Waals surface area contributed by atoms with E-state index in [4.69, 9.17) is 16.7 Å². The van der Waals surface area contributed by atoms with Crippen LogP contribution in [0, 0.1) is 0 Å². The highest BCUT2D eigenvalue weighted by molar-refractivity contribution is 7.16. The molecule has 0 radical (unpaired) electrons. The quantitative estimate of drug-likeness (QED) is 0.902. The Balaban J connectivity index is 2.70. The van der Waals surface area contributed by atoms with E-state index < -0.39 is 5.97 Å². The second-order valence-corrected chi connectivity index (χ2v) is 5.20. The largest absolute Gasteiger partial charge is 0.480 e. The molecule has 1 heterocycles. The van der Waals surface area contributed by atoms with Gasteiger partial charge in [-0.2, -0.15) is 0 Å². The molecular weight excluding hydrogens is 250 g/mol. The molecule has 88 valence electrons. The maximum Gasteiger partial charge on any atom is 0.323 e. The Kier molecular flexibility index (Phi) is 4.32. The van der Waals surface area contributed by atoms with Crippen LogP contribution in [-0.4, -0.2) is 35.5 Å². The van der Waals surface area contributed by atoms with Crippen molar-refractivity contribution >= 4 is 34.8 Å². The van der Waals surface area contributed by atoms with E-state index >= 15 is 0 Å². The highest BCUT2D eigenvalue weighted by Gasteiger charge is 2.21. The van der Waals surface area contributed by atoms with E-state index in [1.165, 1.54) is 23.3 Å². The average molecular weight is 262 g/mol. The molecule has 0 aliphatic rings. The van der Waals surface area contributed by atoms with Gasteiger partial charge < -0.3 is 10.0 Å². The summed E-state index contributed by atoms with van der Waals surface area (Å²) in [5.41, 5.74) is 0. The van der Waals surface area contributed by atoms with E-state index in [1.807, 2.05) is 0 Å². The van der Waals surface area contributed by atoms with E-state index in [9.17, 15) is 9.59 Å². The predicted octanol–water partition coefficient (Wildman–Crippen LogP) is 2.05. The monoisotopic (exact) mass is 261 g/mol. The number of aliphatic carboxylic acids is 1. The number of halogens is 1. The summed E-state index contributed by atoms with van der Waals surface area (Å²) >= 11 is 7.10. The van der Waals surface area contributed by atoms with Crippen molar-refractivity contribution in [2.75, 3.05) is 13.6 Å². The summed E-state index contributed by atoms with van der Waals surface area (Å²) in [7, 11) is 1.47. The van der Waals surface area contributed by atoms with Crippen molar-refractivity contribution in [3.8, 4) is 0 Å². The smallest absolute Gasteiger partial charge is 0.323 e. The fourth-order valence-electron chi connectivity index (χ4n) is 1.29. The standard InChI is InChI=1S/C10H12ClNO3S/c1-6(7-3-4-8(11)16-7)10(15)12(2)5-9(13)14/h3-4,6H,5H2,1-2H3,(H,13,14). The summed E-state index contributed by atoms with van der Waals surface area (Å²) in [6.45, 7) is 1.45. The number of carbonyl (C=O) groups excluding carboxylic acids is 1. The van der Waals surface area contributed by atoms with Gasteiger partial charge in [0.1, 0.15) is 6.54 Å². The number of hydrogen-bond acceptors (Lipinski definition) is 3. The van der Waals surface area contributed by atoms with Crippen LogP contribution in [0.2, 0.25) is 4.34 Å². The molecule has 4 nitrogen and oxygen atoms in total. The molecule has 0 saturated carbocycles. The van der Waals surface area contributed by atoms with Gasteiger partial charge in [0.25, 0.3) is 0 Å². The zero-order valence-electron chi connectivity index (χ0n) is 8.94. The van der Waals surface area contributed by atoms with Crippen LogP contribution in [0.5, 0.6) is 0 Å². The van der Waals surface area contributed by atoms with Gasteiger partial charge in [-0.05, 0) is 19.1 Å². The number of carbonyl (C=O) groups is 2. The fraction of sp³-hybridized carbons (Fsp3) is 0.400. The summed E-state index contributed by atoms with van der Waals surface area (Å²) in [5, 5.41) is 8.58. The van der Waals surface area contributed by atoms with Crippen molar-refractivity contribution in [3.05, 3.63) is 21.3 Å². The third-order valence-electron chi connectivity index (χ3n) is 2.14. The lowest BCUT2D eigenvalue weighted by Crippen LogP contribution is -2.34. The minimum absolute atomic E-state index is 0.221. The third-order valence-corrected chi connectivity index (χ3v) is 3.55. The van der Waals surface area contributed by atoms with Gasteiger partial charge in [-0.1, -0.05) is 11.6 Å². The minimum atomic E-state index is -1.02. The summed E-state index contributed by atoms with van der Waals surface area (Å²) in [6.07, 6.45) is 0. The lowest BCUT2D eigenvalue weighted by atomic mass is 10.1. The normalized spacial score (nSPS) is 12.2. The van der Waals surface area contributed by atoms with Gasteiger partial charge in [0.2, 0.25) is 5.91 Å². The van der Waals surface area contributed by atoms with Crippen molar-refractivity contribution in [1.82, 2.24) is 4.90 Å². The van der Waals surface area contributed by atoms with E-state index in [1.54, 1.807) is 19.1 Å². The van der Waals surface area contributed by atoms with Gasteiger partial charge in [-0.15, -0.1) is 11.3 Å². The van der Waals surface area contributed by atoms with E-state index in [0.29, 0.717) is 4.34 Å². The van der Waals surface area contributed by atoms with Crippen molar-refractivity contribution in [2.24, 2.45) is 0 Å². The van der Waals surface area contributed by atoms with Crippen LogP contribution in [0.3, 0.4) is 0 Å². The molecule has 1 atom stereocenters. The summed E-state index contributed by atoms with van der Waals surface area (Å²) in [4.78, 5) is 24.3. The van der Waals surface area contributed by atoms with Crippen molar-refractivity contribution in [2.45, 2.75) is 12.8 Å². The SMILES string of the molecule is CC(C(=O)N(C)CC(=O)O)c1ccc(Cl)s1. The topological polar surface area (TPSA) is 57.6 Å². The number of carboxylic acids is 1. The molecule has 1 amide bonds. The van der Waals surface area contributed by atoms with Crippen LogP contribution in [-0.2, 0) is 9.59 Å². The summed E-state index contributed by atoms with van der Waals surface area (Å²) in [6, 6.07) is 3.51. The van der Waals surface area contributed by atoms with Crippen LogP contribution in [0.1, 0.15) is 17.7 Å². The van der Waals surface area contributed by atoms with Gasteiger partial charge in [-0.25, -0.2) is 0 Å². The molecule has 1 aromatic rings. The Morgan fingerprint density at radius 3 is 2.62 bits per heavy atom. The minimum Gasteiger partial charge on any atom is -0.480 e. The Morgan fingerprint density at radius 2 is 2.19 bits per heavy atom. The Hall–Kier alpha value is -1.07. The molecule has 0 aliphatic heterocycles. The van der Waals surface area contributed by atoms with Gasteiger partial charge in [-0.3, -0.25) is 9.59 Å². The maximum atomic E-state index is 11.8. The molecule has 0 fully saturated rings. The van der Waals surface area contributed by atoms with Gasteiger partial charge in [0.15, 0.2) is 0 Å². The molecule has 1 N–H and O–H groups in total. The second-order valence-electron chi connectivity index (χ2n) is 3.45. The summed E-state index contributed by atoms with van der Waals surface area (Å²) < 4.78 is 0.621. The lowest BCUT2D eigenvalue weighted by molar-refractivity contribution is -0.143. The van der Waals surface area contributed by atoms with Gasteiger partial charge in [0.05, 0.1) is 10.3 Å². The van der Waals surface area contributed by atoms with Crippen LogP contribution >= 0.6 is 22.9 Å². The molecule has 1 aromatic heterocycles. The first-order chi connectivity index (χ1) is 7.41. The van der Waals surface area contributed by atoms with Crippen molar-refractivity contribution in [1.29, 1.82) is 0 Å². The van der Waals surface area contributed by atoms with Crippen LogP contribution < -0.4 is 0 Å². The number of thiophene rings is 1. The zero-order chi connectivity index (χ0) is 12.3. The zero-order valence-corrected chi connectivity index (χ0v) is 10.5. The number of likely N-dealkylation sites (N-methyl/N-ethyl adjacent to an activating group) is 1. The summed E-state index contributed by atoms with van der Waals surface area (Å²) in [5.74, 6) is -1.60. The molecule has 0 saturated heterocycles. The predicted molar refractivity (Wildman–Crippen MR) is 63.0 cm³/mol. The van der Waals surface area contributed by atoms with Gasteiger partial charge >= 0.3 is 5.97 Å². The highest BCUT2D eigenvalue weighted by Crippen LogP contribution is 2.28. The molecule has 0 bridgehead atoms. The maximum absolute atomic E-state index is 11.8. The number of amides is 1. The molecule has 16 heavy (non-hydrogen) atoms. The van der Waals surface area contributed by atoms with Crippen LogP contribution in [0.15, 0.2) is 12.1 Å². The van der Waals surface area contributed by atoms with E-state index in [-0.39, 0.29) is 18.4 Å². The Bertz CT molecular complexity index is 405. The molecule has 0 aliphatic carbocycles. The number of carboxylic acid groups (broad SMARTS) is 1. The Morgan fingerprint density at radius 1 is 1.56 bits per heavy atom. The Labute approximate surface area is 102 Å². The van der Waals surface area contributed by atoms with Crippen LogP contribution in [0.4, 0.5) is 0 Å². The van der Waals surface area contributed by atoms with E-state index in [0.717, 1.165) is 4.88 Å². The highest BCUT2D eigenvalue weighted by atomic mass is 35.5. The lowest BCUT2D eigenvalue weighted by Gasteiger charge is -2.18. The molecule has 0 aromatic carbocycles. The first kappa shape index (κ1) is 13.0. The average Bonchev–Trinajstić information content (AvgIpc) is 2.61. The third kappa shape index (κ3) is 3.21. The number of hydrogen-bond donors (Lipinski definition) is 1. The molecular formula is C10H12ClNO3S. The molecule has 1 rings (SSSR count). The van der Waals surface area contributed by atoms with Gasteiger partial charge in [0, 0.05) is 11.9 Å². The second kappa shape index (κ2) is 5.32. The van der Waals surface area contributed by atoms with Crippen LogP contribution in [0.25, 0.3) is 0 Å². The van der Waals surface area contributed by atoms with E-state index in [2.05, 4.69) is 0 Å². The van der Waals surface area contributed by atoms with Crippen molar-refractivity contribution < 1.29 is 14.7 Å². The molecule has 1 unspecified atom stereocenters. The number of rotatable bonds is 4. The first-order valence-corrected chi connectivity index (χ1v) is 5.83. The molecule has 6 heteroatoms. The molecule has 0 spiro atoms. The first-order valence-electron chi connectivity index (χ1n) is 4.64. The fourth-order valence-corrected chi connectivity index (χ4v) is 2.40. The number of nitrogens with zero attached hydrogens (tertiary/aromatic N) is 1. The van der Waals surface area contributed by atoms with Crippen molar-refractivity contribution in [3.63, 3.8) is 0 Å².